The Morgan fingerprint density at radius 3 is 2.61 bits per heavy atom. The molecule has 0 bridgehead atoms. The van der Waals surface area contributed by atoms with Crippen molar-refractivity contribution in [3.63, 3.8) is 0 Å². The molecule has 2 aliphatic rings. The largest absolute Gasteiger partial charge is 0.481 e. The highest BCUT2D eigenvalue weighted by molar-refractivity contribution is 5.81. The Bertz CT molecular complexity index is 532. The normalized spacial score (nSPS) is 20.2. The lowest BCUT2D eigenvalue weighted by molar-refractivity contribution is -0.128. The average Bonchev–Trinajstić information content (AvgIpc) is 2.84. The molecule has 1 amide bonds. The predicted octanol–water partition coefficient (Wildman–Crippen LogP) is 4.17. The second-order valence-corrected chi connectivity index (χ2v) is 7.06. The molecule has 0 spiro atoms. The van der Waals surface area contributed by atoms with Crippen LogP contribution in [0.2, 0.25) is 0 Å². The fourth-order valence-electron chi connectivity index (χ4n) is 3.84. The minimum atomic E-state index is -0.424. The summed E-state index contributed by atoms with van der Waals surface area (Å²) in [7, 11) is 0. The highest BCUT2D eigenvalue weighted by Crippen LogP contribution is 2.30. The first-order valence-electron chi connectivity index (χ1n) is 9.32. The molecule has 0 aliphatic heterocycles. The van der Waals surface area contributed by atoms with Crippen LogP contribution >= 0.6 is 0 Å². The molecule has 1 aromatic carbocycles. The first-order valence-corrected chi connectivity index (χ1v) is 9.32. The number of ether oxygens (including phenoxy) is 1. The van der Waals surface area contributed by atoms with Crippen LogP contribution in [-0.2, 0) is 17.6 Å². The van der Waals surface area contributed by atoms with Gasteiger partial charge >= 0.3 is 0 Å². The van der Waals surface area contributed by atoms with Crippen molar-refractivity contribution >= 4 is 5.91 Å². The molecule has 126 valence electrons. The zero-order valence-electron chi connectivity index (χ0n) is 14.3. The summed E-state index contributed by atoms with van der Waals surface area (Å²) in [4.78, 5) is 12.5. The Balaban J connectivity index is 1.60. The van der Waals surface area contributed by atoms with Gasteiger partial charge in [0.2, 0.25) is 0 Å². The maximum atomic E-state index is 12.5. The standard InChI is InChI=1S/C20H29NO2/c1-15(20(22)21-17-11-4-2-3-5-12-17)23-19-14-8-10-16-9-6-7-13-18(16)19/h8,10,14-15,17H,2-7,9,11-13H2,1H3,(H,21,22). The van der Waals surface area contributed by atoms with Crippen molar-refractivity contribution in [2.75, 3.05) is 0 Å². The number of carbonyl (C=O) groups is 1. The van der Waals surface area contributed by atoms with E-state index in [2.05, 4.69) is 17.4 Å². The molecule has 3 nitrogen and oxygen atoms in total. The van der Waals surface area contributed by atoms with E-state index in [1.807, 2.05) is 13.0 Å². The highest BCUT2D eigenvalue weighted by atomic mass is 16.5. The van der Waals surface area contributed by atoms with Gasteiger partial charge in [-0.25, -0.2) is 0 Å². The van der Waals surface area contributed by atoms with Crippen molar-refractivity contribution in [1.29, 1.82) is 0 Å². The molecule has 2 aliphatic carbocycles. The molecule has 1 saturated carbocycles. The summed E-state index contributed by atoms with van der Waals surface area (Å²) >= 11 is 0. The topological polar surface area (TPSA) is 38.3 Å². The second-order valence-electron chi connectivity index (χ2n) is 7.06. The summed E-state index contributed by atoms with van der Waals surface area (Å²) in [5, 5.41) is 3.19. The number of aryl methyl sites for hydroxylation is 1. The molecular formula is C20H29NO2. The predicted molar refractivity (Wildman–Crippen MR) is 92.8 cm³/mol. The Kier molecular flexibility index (Phi) is 5.58. The fraction of sp³-hybridized carbons (Fsp3) is 0.650. The van der Waals surface area contributed by atoms with Gasteiger partial charge < -0.3 is 10.1 Å². The molecule has 1 atom stereocenters. The molecule has 1 unspecified atom stereocenters. The molecule has 0 radical (unpaired) electrons. The SMILES string of the molecule is CC(Oc1cccc2c1CCCC2)C(=O)NC1CCCCCC1. The van der Waals surface area contributed by atoms with Crippen LogP contribution in [0.5, 0.6) is 5.75 Å². The van der Waals surface area contributed by atoms with Gasteiger partial charge in [-0.05, 0) is 62.6 Å². The van der Waals surface area contributed by atoms with E-state index in [1.165, 1.54) is 49.7 Å². The third-order valence-electron chi connectivity index (χ3n) is 5.23. The summed E-state index contributed by atoms with van der Waals surface area (Å²) in [6.45, 7) is 1.87. The summed E-state index contributed by atoms with van der Waals surface area (Å²) in [5.74, 6) is 0.941. The first-order chi connectivity index (χ1) is 11.2. The smallest absolute Gasteiger partial charge is 0.260 e. The first kappa shape index (κ1) is 16.4. The van der Waals surface area contributed by atoms with Crippen molar-refractivity contribution in [2.45, 2.75) is 83.3 Å². The van der Waals surface area contributed by atoms with Gasteiger partial charge in [0.05, 0.1) is 0 Å². The average molecular weight is 315 g/mol. The van der Waals surface area contributed by atoms with Gasteiger partial charge in [-0.2, -0.15) is 0 Å². The van der Waals surface area contributed by atoms with E-state index in [0.29, 0.717) is 6.04 Å². The number of hydrogen-bond acceptors (Lipinski definition) is 2. The number of nitrogens with one attached hydrogen (secondary N) is 1. The maximum absolute atomic E-state index is 12.5. The molecule has 0 aromatic heterocycles. The Morgan fingerprint density at radius 2 is 1.83 bits per heavy atom. The molecule has 1 fully saturated rings. The third kappa shape index (κ3) is 4.27. The van der Waals surface area contributed by atoms with Gasteiger partial charge in [-0.3, -0.25) is 4.79 Å². The number of fused-ring (bicyclic) bond motifs is 1. The molecular weight excluding hydrogens is 286 g/mol. The molecule has 0 heterocycles. The van der Waals surface area contributed by atoms with Crippen LogP contribution in [0.3, 0.4) is 0 Å². The molecule has 1 N–H and O–H groups in total. The minimum absolute atomic E-state index is 0.0327. The van der Waals surface area contributed by atoms with E-state index in [0.717, 1.165) is 31.4 Å². The molecule has 0 saturated heterocycles. The van der Waals surface area contributed by atoms with Gasteiger partial charge in [0.15, 0.2) is 6.10 Å². The lowest BCUT2D eigenvalue weighted by atomic mass is 9.91. The number of hydrogen-bond donors (Lipinski definition) is 1. The van der Waals surface area contributed by atoms with E-state index < -0.39 is 6.10 Å². The van der Waals surface area contributed by atoms with Gasteiger partial charge in [-0.15, -0.1) is 0 Å². The van der Waals surface area contributed by atoms with Crippen molar-refractivity contribution in [3.05, 3.63) is 29.3 Å². The second kappa shape index (κ2) is 7.85. The van der Waals surface area contributed by atoms with Crippen LogP contribution in [0.25, 0.3) is 0 Å². The van der Waals surface area contributed by atoms with Crippen LogP contribution in [0.4, 0.5) is 0 Å². The molecule has 3 heteroatoms. The lowest BCUT2D eigenvalue weighted by Crippen LogP contribution is -2.42. The summed E-state index contributed by atoms with van der Waals surface area (Å²) in [6, 6.07) is 6.59. The Labute approximate surface area is 139 Å². The fourth-order valence-corrected chi connectivity index (χ4v) is 3.84. The van der Waals surface area contributed by atoms with Crippen LogP contribution in [0.1, 0.15) is 69.4 Å². The zero-order chi connectivity index (χ0) is 16.1. The monoisotopic (exact) mass is 315 g/mol. The van der Waals surface area contributed by atoms with E-state index in [9.17, 15) is 4.79 Å². The Hall–Kier alpha value is -1.51. The number of rotatable bonds is 4. The van der Waals surface area contributed by atoms with Gasteiger partial charge in [0.25, 0.3) is 5.91 Å². The molecule has 23 heavy (non-hydrogen) atoms. The van der Waals surface area contributed by atoms with Crippen molar-refractivity contribution < 1.29 is 9.53 Å². The molecule has 1 aromatic rings. The quantitative estimate of drug-likeness (QED) is 0.847. The summed E-state index contributed by atoms with van der Waals surface area (Å²) in [6.07, 6.45) is 11.5. The zero-order valence-corrected chi connectivity index (χ0v) is 14.3. The van der Waals surface area contributed by atoms with E-state index in [-0.39, 0.29) is 5.91 Å². The van der Waals surface area contributed by atoms with Gasteiger partial charge in [-0.1, -0.05) is 37.8 Å². The summed E-state index contributed by atoms with van der Waals surface area (Å²) in [5.41, 5.74) is 2.71. The number of carbonyl (C=O) groups excluding carboxylic acids is 1. The van der Waals surface area contributed by atoms with E-state index in [1.54, 1.807) is 0 Å². The van der Waals surface area contributed by atoms with Gasteiger partial charge in [0, 0.05) is 6.04 Å². The Morgan fingerprint density at radius 1 is 1.09 bits per heavy atom. The third-order valence-corrected chi connectivity index (χ3v) is 5.23. The van der Waals surface area contributed by atoms with Crippen LogP contribution in [0, 0.1) is 0 Å². The van der Waals surface area contributed by atoms with E-state index >= 15 is 0 Å². The lowest BCUT2D eigenvalue weighted by Gasteiger charge is -2.23. The summed E-state index contributed by atoms with van der Waals surface area (Å²) < 4.78 is 6.04. The van der Waals surface area contributed by atoms with E-state index in [4.69, 9.17) is 4.74 Å². The number of amides is 1. The highest BCUT2D eigenvalue weighted by Gasteiger charge is 2.22. The molecule has 3 rings (SSSR count). The number of benzene rings is 1. The van der Waals surface area contributed by atoms with Crippen LogP contribution in [0.15, 0.2) is 18.2 Å². The van der Waals surface area contributed by atoms with Crippen molar-refractivity contribution in [2.24, 2.45) is 0 Å². The maximum Gasteiger partial charge on any atom is 0.260 e. The van der Waals surface area contributed by atoms with Crippen LogP contribution in [-0.4, -0.2) is 18.1 Å². The minimum Gasteiger partial charge on any atom is -0.481 e. The van der Waals surface area contributed by atoms with Crippen molar-refractivity contribution in [3.8, 4) is 5.75 Å². The van der Waals surface area contributed by atoms with Gasteiger partial charge in [0.1, 0.15) is 5.75 Å². The van der Waals surface area contributed by atoms with Crippen molar-refractivity contribution in [1.82, 2.24) is 5.32 Å². The van der Waals surface area contributed by atoms with Crippen LogP contribution < -0.4 is 10.1 Å².